The molecule has 18 heavy (non-hydrogen) atoms. The Morgan fingerprint density at radius 2 is 2.06 bits per heavy atom. The van der Waals surface area contributed by atoms with E-state index in [1.807, 2.05) is 26.8 Å². The monoisotopic (exact) mass is 247 g/mol. The van der Waals surface area contributed by atoms with Crippen LogP contribution in [-0.2, 0) is 4.79 Å². The van der Waals surface area contributed by atoms with Crippen molar-refractivity contribution in [2.45, 2.75) is 40.0 Å². The lowest BCUT2D eigenvalue weighted by molar-refractivity contribution is -0.117. The van der Waals surface area contributed by atoms with Crippen LogP contribution in [0.4, 0.5) is 5.69 Å². The third kappa shape index (κ3) is 2.50. The number of amides is 1. The van der Waals surface area contributed by atoms with E-state index in [9.17, 15) is 9.90 Å². The van der Waals surface area contributed by atoms with Gasteiger partial charge in [0.25, 0.3) is 0 Å². The van der Waals surface area contributed by atoms with Gasteiger partial charge >= 0.3 is 0 Å². The molecule has 0 saturated heterocycles. The Kier molecular flexibility index (Phi) is 3.33. The SMILES string of the molecule is Cc1cc(O)c(C(C)C)cc1NC(=O)C1CC1C. The Morgan fingerprint density at radius 3 is 2.56 bits per heavy atom. The molecule has 0 aromatic heterocycles. The van der Waals surface area contributed by atoms with E-state index >= 15 is 0 Å². The average molecular weight is 247 g/mol. The third-order valence-electron chi connectivity index (χ3n) is 3.70. The number of carbonyl (C=O) groups is 1. The zero-order valence-corrected chi connectivity index (χ0v) is 11.4. The lowest BCUT2D eigenvalue weighted by Crippen LogP contribution is -2.15. The lowest BCUT2D eigenvalue weighted by atomic mass is 9.99. The zero-order chi connectivity index (χ0) is 13.4. The standard InChI is InChI=1S/C15H21NO2/c1-8(2)11-7-13(10(4)6-14(11)17)16-15(18)12-5-9(12)3/h6-9,12,17H,5H2,1-4H3,(H,16,18). The molecule has 3 nitrogen and oxygen atoms in total. The largest absolute Gasteiger partial charge is 0.508 e. The van der Waals surface area contributed by atoms with Crippen molar-refractivity contribution in [1.82, 2.24) is 0 Å². The van der Waals surface area contributed by atoms with E-state index in [1.165, 1.54) is 0 Å². The molecule has 0 radical (unpaired) electrons. The summed E-state index contributed by atoms with van der Waals surface area (Å²) in [6.45, 7) is 8.04. The molecule has 3 heteroatoms. The fourth-order valence-electron chi connectivity index (χ4n) is 2.22. The van der Waals surface area contributed by atoms with E-state index in [0.717, 1.165) is 23.2 Å². The summed E-state index contributed by atoms with van der Waals surface area (Å²) in [5.41, 5.74) is 2.60. The average Bonchev–Trinajstić information content (AvgIpc) is 2.99. The number of phenols is 1. The number of aromatic hydroxyl groups is 1. The van der Waals surface area contributed by atoms with E-state index in [2.05, 4.69) is 12.2 Å². The van der Waals surface area contributed by atoms with Gasteiger partial charge in [-0.3, -0.25) is 4.79 Å². The zero-order valence-electron chi connectivity index (χ0n) is 11.4. The molecule has 2 N–H and O–H groups in total. The first-order valence-electron chi connectivity index (χ1n) is 6.54. The molecule has 0 heterocycles. The minimum absolute atomic E-state index is 0.103. The molecule has 1 fully saturated rings. The van der Waals surface area contributed by atoms with E-state index < -0.39 is 0 Å². The topological polar surface area (TPSA) is 49.3 Å². The predicted molar refractivity (Wildman–Crippen MR) is 72.8 cm³/mol. The molecule has 1 saturated carbocycles. The van der Waals surface area contributed by atoms with Crippen LogP contribution in [0.5, 0.6) is 5.75 Å². The second kappa shape index (κ2) is 4.63. The Morgan fingerprint density at radius 1 is 1.44 bits per heavy atom. The molecular formula is C15H21NO2. The summed E-state index contributed by atoms with van der Waals surface area (Å²) in [6, 6.07) is 3.61. The van der Waals surface area contributed by atoms with Gasteiger partial charge in [-0.25, -0.2) is 0 Å². The van der Waals surface area contributed by atoms with Crippen LogP contribution in [0.2, 0.25) is 0 Å². The Bertz CT molecular complexity index is 480. The van der Waals surface area contributed by atoms with Crippen molar-refractivity contribution in [2.75, 3.05) is 5.32 Å². The number of nitrogens with one attached hydrogen (secondary N) is 1. The van der Waals surface area contributed by atoms with Gasteiger partial charge in [-0.1, -0.05) is 20.8 Å². The van der Waals surface area contributed by atoms with Crippen LogP contribution in [0.3, 0.4) is 0 Å². The maximum Gasteiger partial charge on any atom is 0.227 e. The minimum Gasteiger partial charge on any atom is -0.508 e. The molecule has 2 atom stereocenters. The summed E-state index contributed by atoms with van der Waals surface area (Å²) in [5, 5.41) is 12.8. The number of carbonyl (C=O) groups excluding carboxylic acids is 1. The Labute approximate surface area is 108 Å². The number of hydrogen-bond donors (Lipinski definition) is 2. The molecule has 1 aliphatic carbocycles. The van der Waals surface area contributed by atoms with Gasteiger partial charge in [-0.15, -0.1) is 0 Å². The number of anilines is 1. The van der Waals surface area contributed by atoms with Gasteiger partial charge in [-0.05, 0) is 48.4 Å². The van der Waals surface area contributed by atoms with Crippen molar-refractivity contribution in [3.05, 3.63) is 23.3 Å². The molecule has 0 aliphatic heterocycles. The van der Waals surface area contributed by atoms with Crippen LogP contribution < -0.4 is 5.32 Å². The van der Waals surface area contributed by atoms with Gasteiger partial charge < -0.3 is 10.4 Å². The Balaban J connectivity index is 2.22. The molecule has 0 bridgehead atoms. The highest BCUT2D eigenvalue weighted by molar-refractivity contribution is 5.95. The molecular weight excluding hydrogens is 226 g/mol. The van der Waals surface area contributed by atoms with Gasteiger partial charge in [0.05, 0.1) is 0 Å². The fraction of sp³-hybridized carbons (Fsp3) is 0.533. The lowest BCUT2D eigenvalue weighted by Gasteiger charge is -2.14. The first-order chi connectivity index (χ1) is 8.40. The Hall–Kier alpha value is -1.51. The molecule has 98 valence electrons. The van der Waals surface area contributed by atoms with Crippen molar-refractivity contribution < 1.29 is 9.90 Å². The van der Waals surface area contributed by atoms with E-state index in [-0.39, 0.29) is 17.7 Å². The maximum absolute atomic E-state index is 11.9. The summed E-state index contributed by atoms with van der Waals surface area (Å²) >= 11 is 0. The molecule has 1 aromatic rings. The first-order valence-corrected chi connectivity index (χ1v) is 6.54. The number of benzene rings is 1. The van der Waals surface area contributed by atoms with Crippen molar-refractivity contribution in [2.24, 2.45) is 11.8 Å². The molecule has 0 spiro atoms. The quantitative estimate of drug-likeness (QED) is 0.804. The molecule has 2 rings (SSSR count). The normalized spacial score (nSPS) is 22.1. The van der Waals surface area contributed by atoms with Crippen LogP contribution in [-0.4, -0.2) is 11.0 Å². The second-order valence-electron chi connectivity index (χ2n) is 5.69. The number of aryl methyl sites for hydroxylation is 1. The highest BCUT2D eigenvalue weighted by Gasteiger charge is 2.39. The molecule has 2 unspecified atom stereocenters. The summed E-state index contributed by atoms with van der Waals surface area (Å²) < 4.78 is 0. The van der Waals surface area contributed by atoms with Crippen molar-refractivity contribution in [1.29, 1.82) is 0 Å². The summed E-state index contributed by atoms with van der Waals surface area (Å²) in [6.07, 6.45) is 0.986. The smallest absolute Gasteiger partial charge is 0.227 e. The molecule has 1 aliphatic rings. The van der Waals surface area contributed by atoms with Crippen LogP contribution in [0.15, 0.2) is 12.1 Å². The van der Waals surface area contributed by atoms with Crippen molar-refractivity contribution >= 4 is 11.6 Å². The second-order valence-corrected chi connectivity index (χ2v) is 5.69. The number of hydrogen-bond acceptors (Lipinski definition) is 2. The van der Waals surface area contributed by atoms with Crippen LogP contribution in [0.25, 0.3) is 0 Å². The van der Waals surface area contributed by atoms with E-state index in [4.69, 9.17) is 0 Å². The molecule has 1 amide bonds. The van der Waals surface area contributed by atoms with Crippen LogP contribution in [0.1, 0.15) is 44.2 Å². The first kappa shape index (κ1) is 12.9. The van der Waals surface area contributed by atoms with Crippen molar-refractivity contribution in [3.8, 4) is 5.75 Å². The summed E-state index contributed by atoms with van der Waals surface area (Å²) in [7, 11) is 0. The van der Waals surface area contributed by atoms with E-state index in [1.54, 1.807) is 6.07 Å². The maximum atomic E-state index is 11.9. The van der Waals surface area contributed by atoms with Crippen LogP contribution in [0, 0.1) is 18.8 Å². The number of phenolic OH excluding ortho intramolecular Hbond substituents is 1. The van der Waals surface area contributed by atoms with Crippen LogP contribution >= 0.6 is 0 Å². The summed E-state index contributed by atoms with van der Waals surface area (Å²) in [4.78, 5) is 11.9. The van der Waals surface area contributed by atoms with Gasteiger partial charge in [0.1, 0.15) is 5.75 Å². The fourth-order valence-corrected chi connectivity index (χ4v) is 2.22. The predicted octanol–water partition coefficient (Wildman–Crippen LogP) is 3.42. The highest BCUT2D eigenvalue weighted by Crippen LogP contribution is 2.39. The molecule has 1 aromatic carbocycles. The highest BCUT2D eigenvalue weighted by atomic mass is 16.3. The van der Waals surface area contributed by atoms with Gasteiger partial charge in [0.2, 0.25) is 5.91 Å². The minimum atomic E-state index is 0.103. The van der Waals surface area contributed by atoms with Gasteiger partial charge in [-0.2, -0.15) is 0 Å². The summed E-state index contributed by atoms with van der Waals surface area (Å²) in [5.74, 6) is 1.32. The van der Waals surface area contributed by atoms with Gasteiger partial charge in [0.15, 0.2) is 0 Å². The number of rotatable bonds is 3. The third-order valence-corrected chi connectivity index (χ3v) is 3.70. The van der Waals surface area contributed by atoms with E-state index in [0.29, 0.717) is 11.7 Å². The van der Waals surface area contributed by atoms with Crippen molar-refractivity contribution in [3.63, 3.8) is 0 Å². The van der Waals surface area contributed by atoms with Gasteiger partial charge in [0, 0.05) is 11.6 Å².